The van der Waals surface area contributed by atoms with E-state index in [0.717, 1.165) is 22.5 Å². The molecule has 1 heterocycles. The molecule has 0 fully saturated rings. The number of para-hydroxylation sites is 1. The van der Waals surface area contributed by atoms with Gasteiger partial charge in [0.05, 0.1) is 11.4 Å². The highest BCUT2D eigenvalue weighted by Crippen LogP contribution is 2.41. The highest BCUT2D eigenvalue weighted by molar-refractivity contribution is 7.25. The molecule has 0 bridgehead atoms. The maximum absolute atomic E-state index is 5.05. The molecule has 2 nitrogen and oxygen atoms in total. The summed E-state index contributed by atoms with van der Waals surface area (Å²) in [6.45, 7) is 0. The van der Waals surface area contributed by atoms with E-state index < -0.39 is 0 Å². The maximum atomic E-state index is 5.05. The smallest absolute Gasteiger partial charge is 0.0978 e. The van der Waals surface area contributed by atoms with Crippen LogP contribution in [0.3, 0.4) is 0 Å². The lowest BCUT2D eigenvalue weighted by molar-refractivity contribution is 1.32. The van der Waals surface area contributed by atoms with Crippen LogP contribution < -0.4 is 5.43 Å². The van der Waals surface area contributed by atoms with Gasteiger partial charge in [-0.2, -0.15) is 5.10 Å². The van der Waals surface area contributed by atoms with Gasteiger partial charge in [-0.3, -0.25) is 5.43 Å². The molecule has 0 unspecified atom stereocenters. The number of hydrogen-bond donors (Lipinski definition) is 1. The van der Waals surface area contributed by atoms with Crippen LogP contribution in [-0.2, 0) is 0 Å². The first-order valence-electron chi connectivity index (χ1n) is 17.6. The number of hydrogen-bond acceptors (Lipinski definition) is 3. The monoisotopic (exact) mass is 680 g/mol. The molecule has 0 aliphatic heterocycles. The zero-order chi connectivity index (χ0) is 34.4. The summed E-state index contributed by atoms with van der Waals surface area (Å²) in [5.74, 6) is 0. The minimum absolute atomic E-state index is 0.885. The first-order valence-corrected chi connectivity index (χ1v) is 18.4. The predicted octanol–water partition coefficient (Wildman–Crippen LogP) is 13.7. The van der Waals surface area contributed by atoms with Crippen molar-refractivity contribution in [3.8, 4) is 22.3 Å². The summed E-state index contributed by atoms with van der Waals surface area (Å²) < 4.78 is 2.61. The third-order valence-electron chi connectivity index (χ3n) is 10.2. The Morgan fingerprint density at radius 2 is 0.981 bits per heavy atom. The number of rotatable bonds is 6. The van der Waals surface area contributed by atoms with Gasteiger partial charge in [0.25, 0.3) is 0 Å². The quantitative estimate of drug-likeness (QED) is 0.105. The Hall–Kier alpha value is -6.55. The third kappa shape index (κ3) is 5.22. The van der Waals surface area contributed by atoms with Crippen molar-refractivity contribution in [2.75, 3.05) is 5.43 Å². The van der Waals surface area contributed by atoms with E-state index in [1.165, 1.54) is 74.7 Å². The second-order valence-electron chi connectivity index (χ2n) is 13.2. The summed E-state index contributed by atoms with van der Waals surface area (Å²) in [5.41, 5.74) is 12.0. The Morgan fingerprint density at radius 1 is 0.385 bits per heavy atom. The number of thiophene rings is 1. The zero-order valence-corrected chi connectivity index (χ0v) is 29.1. The van der Waals surface area contributed by atoms with Gasteiger partial charge in [-0.05, 0) is 91.0 Å². The van der Waals surface area contributed by atoms with E-state index in [1.807, 2.05) is 41.7 Å². The summed E-state index contributed by atoms with van der Waals surface area (Å²) >= 11 is 1.85. The van der Waals surface area contributed by atoms with Crippen LogP contribution >= 0.6 is 11.3 Å². The molecule has 10 aromatic rings. The molecule has 9 aromatic carbocycles. The Labute approximate surface area is 305 Å². The minimum Gasteiger partial charge on any atom is -0.278 e. The highest BCUT2D eigenvalue weighted by atomic mass is 32.1. The second-order valence-corrected chi connectivity index (χ2v) is 14.3. The normalized spacial score (nSPS) is 12.0. The van der Waals surface area contributed by atoms with Gasteiger partial charge >= 0.3 is 0 Å². The molecule has 1 N–H and O–H groups in total. The van der Waals surface area contributed by atoms with E-state index in [4.69, 9.17) is 5.10 Å². The Kier molecular flexibility index (Phi) is 7.37. The lowest BCUT2D eigenvalue weighted by atomic mass is 9.91. The van der Waals surface area contributed by atoms with Crippen molar-refractivity contribution < 1.29 is 0 Å². The van der Waals surface area contributed by atoms with Gasteiger partial charge in [0, 0.05) is 31.3 Å². The van der Waals surface area contributed by atoms with Gasteiger partial charge in [-0.1, -0.05) is 152 Å². The summed E-state index contributed by atoms with van der Waals surface area (Å²) in [6, 6.07) is 67.5. The molecule has 244 valence electrons. The molecule has 0 saturated heterocycles. The SMILES string of the molecule is c1ccc(N/N=C(/c2ccc(-c3ccc4c5ccccc5c5ccccc5c4c3)cc2)c2cccc(-c3cccc4sc5ccccc5c34)c2)cc1. The maximum Gasteiger partial charge on any atom is 0.0978 e. The van der Waals surface area contributed by atoms with Gasteiger partial charge < -0.3 is 0 Å². The summed E-state index contributed by atoms with van der Waals surface area (Å²) in [7, 11) is 0. The number of anilines is 1. The van der Waals surface area contributed by atoms with Crippen molar-refractivity contribution in [1.29, 1.82) is 0 Å². The molecule has 1 aromatic heterocycles. The van der Waals surface area contributed by atoms with Crippen LogP contribution in [0.1, 0.15) is 11.1 Å². The number of nitrogens with one attached hydrogen (secondary N) is 1. The van der Waals surface area contributed by atoms with Gasteiger partial charge in [0.15, 0.2) is 0 Å². The Bertz CT molecular complexity index is 2940. The second kappa shape index (κ2) is 12.6. The van der Waals surface area contributed by atoms with E-state index >= 15 is 0 Å². The van der Waals surface area contributed by atoms with Crippen LogP contribution in [0.25, 0.3) is 74.7 Å². The third-order valence-corrected chi connectivity index (χ3v) is 11.3. The van der Waals surface area contributed by atoms with Crippen LogP contribution in [0.15, 0.2) is 193 Å². The number of fused-ring (bicyclic) bond motifs is 9. The molecule has 10 rings (SSSR count). The van der Waals surface area contributed by atoms with E-state index in [2.05, 4.69) is 163 Å². The largest absolute Gasteiger partial charge is 0.278 e. The molecule has 0 spiro atoms. The average molecular weight is 681 g/mol. The van der Waals surface area contributed by atoms with Crippen LogP contribution in [0, 0.1) is 0 Å². The topological polar surface area (TPSA) is 24.4 Å². The molecule has 0 saturated carbocycles. The Balaban J connectivity index is 1.07. The molecule has 3 heteroatoms. The van der Waals surface area contributed by atoms with Gasteiger partial charge in [0.1, 0.15) is 0 Å². The first kappa shape index (κ1) is 30.3. The molecular formula is C49H32N2S. The predicted molar refractivity (Wildman–Crippen MR) is 225 cm³/mol. The van der Waals surface area contributed by atoms with Crippen LogP contribution in [0.4, 0.5) is 5.69 Å². The van der Waals surface area contributed by atoms with Crippen molar-refractivity contribution in [3.63, 3.8) is 0 Å². The fourth-order valence-corrected chi connectivity index (χ4v) is 8.82. The lowest BCUT2D eigenvalue weighted by Crippen LogP contribution is -2.07. The first-order chi connectivity index (χ1) is 25.8. The fourth-order valence-electron chi connectivity index (χ4n) is 7.69. The molecule has 0 aliphatic rings. The van der Waals surface area contributed by atoms with Crippen molar-refractivity contribution >= 4 is 75.2 Å². The van der Waals surface area contributed by atoms with Crippen molar-refractivity contribution in [2.45, 2.75) is 0 Å². The van der Waals surface area contributed by atoms with E-state index in [9.17, 15) is 0 Å². The van der Waals surface area contributed by atoms with E-state index in [-0.39, 0.29) is 0 Å². The lowest BCUT2D eigenvalue weighted by Gasteiger charge is -2.13. The summed E-state index contributed by atoms with van der Waals surface area (Å²) in [4.78, 5) is 0. The molecule has 0 atom stereocenters. The fraction of sp³-hybridized carbons (Fsp3) is 0. The van der Waals surface area contributed by atoms with Crippen molar-refractivity contribution in [2.24, 2.45) is 5.10 Å². The van der Waals surface area contributed by atoms with Crippen molar-refractivity contribution in [3.05, 3.63) is 199 Å². The van der Waals surface area contributed by atoms with Gasteiger partial charge in [-0.15, -0.1) is 11.3 Å². The molecule has 0 aliphatic carbocycles. The van der Waals surface area contributed by atoms with Crippen LogP contribution in [0.5, 0.6) is 0 Å². The molecular weight excluding hydrogens is 649 g/mol. The highest BCUT2D eigenvalue weighted by Gasteiger charge is 2.15. The minimum atomic E-state index is 0.885. The average Bonchev–Trinajstić information content (AvgIpc) is 3.61. The van der Waals surface area contributed by atoms with Gasteiger partial charge in [0.2, 0.25) is 0 Å². The standard InChI is InChI=1S/C49H32N2S/c1-2-14-37(15-3-1)50-51-49(36-13-10-12-35(30-36)38-21-11-23-47-48(38)44-20-8-9-22-46(44)52-47)33-26-24-32(25-27-33)34-28-29-43-41-18-5-4-16-39(41)40-17-6-7-19-42(40)45(43)31-34/h1-31,50H/b51-49-. The molecule has 0 amide bonds. The Morgan fingerprint density at radius 3 is 1.73 bits per heavy atom. The van der Waals surface area contributed by atoms with E-state index in [0.29, 0.717) is 0 Å². The summed E-state index contributed by atoms with van der Waals surface area (Å²) in [5, 5.41) is 15.4. The van der Waals surface area contributed by atoms with Crippen LogP contribution in [-0.4, -0.2) is 5.71 Å². The van der Waals surface area contributed by atoms with Crippen LogP contribution in [0.2, 0.25) is 0 Å². The van der Waals surface area contributed by atoms with E-state index in [1.54, 1.807) is 0 Å². The molecule has 52 heavy (non-hydrogen) atoms. The molecule has 0 radical (unpaired) electrons. The zero-order valence-electron chi connectivity index (χ0n) is 28.3. The number of nitrogens with zero attached hydrogens (tertiary/aromatic N) is 1. The van der Waals surface area contributed by atoms with Crippen molar-refractivity contribution in [1.82, 2.24) is 0 Å². The van der Waals surface area contributed by atoms with Gasteiger partial charge in [-0.25, -0.2) is 0 Å². The number of benzene rings is 9. The summed E-state index contributed by atoms with van der Waals surface area (Å²) in [6.07, 6.45) is 0. The number of hydrazone groups is 1.